The second kappa shape index (κ2) is 6.71. The van der Waals surface area contributed by atoms with E-state index >= 15 is 0 Å². The molecule has 1 saturated heterocycles. The number of nitrogen functional groups attached to an aromatic ring is 1. The molecule has 1 aliphatic rings. The molecule has 6 heteroatoms. The summed E-state index contributed by atoms with van der Waals surface area (Å²) < 4.78 is 0. The van der Waals surface area contributed by atoms with Crippen LogP contribution < -0.4 is 5.73 Å². The van der Waals surface area contributed by atoms with Crippen LogP contribution in [0, 0.1) is 11.3 Å². The van der Waals surface area contributed by atoms with Crippen LogP contribution in [-0.4, -0.2) is 28.0 Å². The number of hydrogen-bond acceptors (Lipinski definition) is 5. The highest BCUT2D eigenvalue weighted by atomic mass is 32.1. The van der Waals surface area contributed by atoms with Gasteiger partial charge in [0, 0.05) is 34.9 Å². The molecule has 3 N–H and O–H groups in total. The van der Waals surface area contributed by atoms with Crippen LogP contribution in [0.1, 0.15) is 24.0 Å². The molecule has 1 aliphatic heterocycles. The molecule has 0 amide bonds. The van der Waals surface area contributed by atoms with E-state index in [0.717, 1.165) is 28.2 Å². The van der Waals surface area contributed by atoms with Crippen molar-refractivity contribution in [3.05, 3.63) is 47.1 Å². The van der Waals surface area contributed by atoms with Crippen LogP contribution in [0.5, 0.6) is 0 Å². The number of nitrogens with zero attached hydrogens (tertiary/aromatic N) is 3. The van der Waals surface area contributed by atoms with E-state index in [0.29, 0.717) is 5.56 Å². The minimum atomic E-state index is 0.283. The van der Waals surface area contributed by atoms with Crippen molar-refractivity contribution in [1.29, 1.82) is 5.26 Å². The normalized spacial score (nSPS) is 14.7. The van der Waals surface area contributed by atoms with Gasteiger partial charge in [0.25, 0.3) is 0 Å². The number of thiophene rings is 1. The third kappa shape index (κ3) is 3.16. The molecule has 0 aromatic carbocycles. The maximum Gasteiger partial charge on any atom is 0.142 e. The quantitative estimate of drug-likeness (QED) is 0.749. The average Bonchev–Trinajstić information content (AvgIpc) is 3.37. The zero-order valence-electron chi connectivity index (χ0n) is 13.8. The van der Waals surface area contributed by atoms with E-state index in [1.54, 1.807) is 11.3 Å². The first-order chi connectivity index (χ1) is 12.2. The molecule has 5 nitrogen and oxygen atoms in total. The standard InChI is InChI=1S/C19H19N5S/c20-9-16-15(8-17(23-19(16)21)14-3-4-22-10-14)18-7-13(12-25-18)11-24-5-1-2-6-24/h3-4,7-8,10,12,22H,1-2,5-6,11H2,(H2,21,23). The number of pyridine rings is 1. The van der Waals surface area contributed by atoms with Crippen molar-refractivity contribution in [2.45, 2.75) is 19.4 Å². The number of rotatable bonds is 4. The van der Waals surface area contributed by atoms with Crippen molar-refractivity contribution in [3.8, 4) is 27.8 Å². The van der Waals surface area contributed by atoms with Crippen LogP contribution in [0.15, 0.2) is 36.0 Å². The third-order valence-corrected chi connectivity index (χ3v) is 5.59. The number of hydrogen-bond donors (Lipinski definition) is 2. The summed E-state index contributed by atoms with van der Waals surface area (Å²) in [7, 11) is 0. The first kappa shape index (κ1) is 15.9. The van der Waals surface area contributed by atoms with Crippen molar-refractivity contribution in [2.75, 3.05) is 18.8 Å². The Morgan fingerprint density at radius 2 is 2.16 bits per heavy atom. The lowest BCUT2D eigenvalue weighted by atomic mass is 10.0. The number of anilines is 1. The second-order valence-corrected chi connectivity index (χ2v) is 7.24. The van der Waals surface area contributed by atoms with E-state index < -0.39 is 0 Å². The Hall–Kier alpha value is -2.62. The number of likely N-dealkylation sites (tertiary alicyclic amines) is 1. The van der Waals surface area contributed by atoms with Gasteiger partial charge in [0.1, 0.15) is 17.5 Å². The molecule has 0 bridgehead atoms. The molecule has 0 radical (unpaired) electrons. The smallest absolute Gasteiger partial charge is 0.142 e. The topological polar surface area (TPSA) is 81.7 Å². The van der Waals surface area contributed by atoms with Crippen LogP contribution in [0.25, 0.3) is 21.7 Å². The number of aromatic nitrogens is 2. The molecule has 0 atom stereocenters. The average molecular weight is 349 g/mol. The van der Waals surface area contributed by atoms with Gasteiger partial charge in [-0.2, -0.15) is 5.26 Å². The lowest BCUT2D eigenvalue weighted by Gasteiger charge is -2.12. The molecular weight excluding hydrogens is 330 g/mol. The molecule has 0 aliphatic carbocycles. The maximum atomic E-state index is 9.54. The van der Waals surface area contributed by atoms with Gasteiger partial charge in [-0.1, -0.05) is 0 Å². The van der Waals surface area contributed by atoms with E-state index in [-0.39, 0.29) is 5.82 Å². The van der Waals surface area contributed by atoms with Crippen LogP contribution in [-0.2, 0) is 6.54 Å². The van der Waals surface area contributed by atoms with Crippen LogP contribution >= 0.6 is 11.3 Å². The molecule has 4 heterocycles. The monoisotopic (exact) mass is 349 g/mol. The van der Waals surface area contributed by atoms with E-state index in [2.05, 4.69) is 32.4 Å². The van der Waals surface area contributed by atoms with Gasteiger partial charge in [0.05, 0.1) is 5.69 Å². The van der Waals surface area contributed by atoms with Gasteiger partial charge < -0.3 is 10.7 Å². The highest BCUT2D eigenvalue weighted by Gasteiger charge is 2.17. The number of nitriles is 1. The van der Waals surface area contributed by atoms with Gasteiger partial charge in [-0.25, -0.2) is 4.98 Å². The first-order valence-electron chi connectivity index (χ1n) is 8.38. The van der Waals surface area contributed by atoms with Crippen LogP contribution in [0.3, 0.4) is 0 Å². The summed E-state index contributed by atoms with van der Waals surface area (Å²) in [5.74, 6) is 0.283. The van der Waals surface area contributed by atoms with Crippen LogP contribution in [0.4, 0.5) is 5.82 Å². The van der Waals surface area contributed by atoms with Crippen molar-refractivity contribution in [1.82, 2.24) is 14.9 Å². The maximum absolute atomic E-state index is 9.54. The number of nitrogens with two attached hydrogens (primary N) is 1. The van der Waals surface area contributed by atoms with E-state index in [1.807, 2.05) is 24.5 Å². The number of H-pyrrole nitrogens is 1. The van der Waals surface area contributed by atoms with Crippen molar-refractivity contribution < 1.29 is 0 Å². The molecule has 4 rings (SSSR count). The summed E-state index contributed by atoms with van der Waals surface area (Å²) in [5, 5.41) is 11.7. The minimum Gasteiger partial charge on any atom is -0.383 e. The molecule has 0 saturated carbocycles. The van der Waals surface area contributed by atoms with Gasteiger partial charge in [0.15, 0.2) is 0 Å². The summed E-state index contributed by atoms with van der Waals surface area (Å²) in [4.78, 5) is 11.0. The van der Waals surface area contributed by atoms with Crippen LogP contribution in [0.2, 0.25) is 0 Å². The zero-order valence-corrected chi connectivity index (χ0v) is 14.6. The van der Waals surface area contributed by atoms with Crippen molar-refractivity contribution in [3.63, 3.8) is 0 Å². The Bertz CT molecular complexity index is 914. The fourth-order valence-corrected chi connectivity index (χ4v) is 4.23. The zero-order chi connectivity index (χ0) is 17.2. The largest absolute Gasteiger partial charge is 0.383 e. The lowest BCUT2D eigenvalue weighted by molar-refractivity contribution is 0.332. The highest BCUT2D eigenvalue weighted by molar-refractivity contribution is 7.13. The van der Waals surface area contributed by atoms with Crippen molar-refractivity contribution >= 4 is 17.2 Å². The summed E-state index contributed by atoms with van der Waals surface area (Å²) >= 11 is 1.66. The van der Waals surface area contributed by atoms with Gasteiger partial charge >= 0.3 is 0 Å². The third-order valence-electron chi connectivity index (χ3n) is 4.58. The van der Waals surface area contributed by atoms with Gasteiger partial charge in [-0.3, -0.25) is 4.90 Å². The first-order valence-corrected chi connectivity index (χ1v) is 9.26. The molecule has 25 heavy (non-hydrogen) atoms. The van der Waals surface area contributed by atoms with E-state index in [9.17, 15) is 5.26 Å². The van der Waals surface area contributed by atoms with Gasteiger partial charge in [-0.05, 0) is 55.1 Å². The number of aromatic amines is 1. The van der Waals surface area contributed by atoms with E-state index in [1.165, 1.54) is 31.5 Å². The van der Waals surface area contributed by atoms with E-state index in [4.69, 9.17) is 5.73 Å². The lowest BCUT2D eigenvalue weighted by Crippen LogP contribution is -2.17. The summed E-state index contributed by atoms with van der Waals surface area (Å²) in [5.41, 5.74) is 10.4. The SMILES string of the molecule is N#Cc1c(-c2cc(CN3CCCC3)cs2)cc(-c2cc[nH]c2)nc1N. The fourth-order valence-electron chi connectivity index (χ4n) is 3.31. The molecule has 126 valence electrons. The fraction of sp³-hybridized carbons (Fsp3) is 0.263. The highest BCUT2D eigenvalue weighted by Crippen LogP contribution is 2.35. The molecule has 3 aromatic heterocycles. The Morgan fingerprint density at radius 1 is 1.32 bits per heavy atom. The van der Waals surface area contributed by atoms with Crippen molar-refractivity contribution in [2.24, 2.45) is 0 Å². The Kier molecular flexibility index (Phi) is 4.26. The molecule has 0 unspecified atom stereocenters. The summed E-state index contributed by atoms with van der Waals surface area (Å²) in [6.07, 6.45) is 6.31. The Morgan fingerprint density at radius 3 is 2.88 bits per heavy atom. The Labute approximate surface area is 150 Å². The number of nitrogens with one attached hydrogen (secondary N) is 1. The molecule has 0 spiro atoms. The van der Waals surface area contributed by atoms with Gasteiger partial charge in [-0.15, -0.1) is 11.3 Å². The second-order valence-electron chi connectivity index (χ2n) is 6.33. The Balaban J connectivity index is 1.71. The summed E-state index contributed by atoms with van der Waals surface area (Å²) in [6.45, 7) is 3.33. The van der Waals surface area contributed by atoms with Gasteiger partial charge in [0.2, 0.25) is 0 Å². The molecular formula is C19H19N5S. The predicted molar refractivity (Wildman–Crippen MR) is 101 cm³/mol. The minimum absolute atomic E-state index is 0.283. The predicted octanol–water partition coefficient (Wildman–Crippen LogP) is 3.85. The summed E-state index contributed by atoms with van der Waals surface area (Å²) in [6, 6.07) is 8.31. The molecule has 1 fully saturated rings. The molecule has 3 aromatic rings.